The van der Waals surface area contributed by atoms with E-state index < -0.39 is 0 Å². The number of ether oxygens (including phenoxy) is 1. The molecule has 1 aliphatic rings. The average Bonchev–Trinajstić information content (AvgIpc) is 3.16. The minimum Gasteiger partial charge on any atom is -0.444 e. The maximum atomic E-state index is 5.80. The molecule has 7 nitrogen and oxygen atoms in total. The van der Waals surface area contributed by atoms with Gasteiger partial charge in [-0.2, -0.15) is 5.10 Å². The van der Waals surface area contributed by atoms with Crippen molar-refractivity contribution in [3.8, 4) is 0 Å². The summed E-state index contributed by atoms with van der Waals surface area (Å²) in [5.74, 6) is 3.68. The van der Waals surface area contributed by atoms with E-state index in [1.54, 1.807) is 0 Å². The Morgan fingerprint density at radius 2 is 2.32 bits per heavy atom. The van der Waals surface area contributed by atoms with E-state index in [4.69, 9.17) is 9.15 Å². The Morgan fingerprint density at radius 3 is 3.00 bits per heavy atom. The monoisotopic (exact) mass is 305 g/mol. The zero-order valence-electron chi connectivity index (χ0n) is 13.4. The maximum absolute atomic E-state index is 5.80. The summed E-state index contributed by atoms with van der Waals surface area (Å²) in [7, 11) is 0. The molecule has 3 rings (SSSR count). The summed E-state index contributed by atoms with van der Waals surface area (Å²) < 4.78 is 11.6. The summed E-state index contributed by atoms with van der Waals surface area (Å²) in [5, 5.41) is 7.20. The number of aromatic amines is 1. The molecular formula is C15H23N5O2. The normalized spacial score (nSPS) is 19.9. The van der Waals surface area contributed by atoms with Gasteiger partial charge in [-0.15, -0.1) is 0 Å². The molecule has 2 aromatic heterocycles. The Morgan fingerprint density at radius 1 is 1.45 bits per heavy atom. The summed E-state index contributed by atoms with van der Waals surface area (Å²) in [4.78, 5) is 11.1. The largest absolute Gasteiger partial charge is 0.444 e. The number of H-pyrrole nitrogens is 1. The molecule has 1 fully saturated rings. The molecule has 1 aliphatic heterocycles. The van der Waals surface area contributed by atoms with Crippen molar-refractivity contribution in [3.05, 3.63) is 29.5 Å². The molecule has 2 aromatic rings. The molecule has 0 radical (unpaired) electrons. The Labute approximate surface area is 130 Å². The number of nitrogens with one attached hydrogen (secondary N) is 1. The first-order valence-electron chi connectivity index (χ1n) is 7.85. The lowest BCUT2D eigenvalue weighted by atomic mass is 10.2. The topological polar surface area (TPSA) is 80.1 Å². The minimum absolute atomic E-state index is 0.0927. The van der Waals surface area contributed by atoms with Crippen LogP contribution in [-0.2, 0) is 17.7 Å². The van der Waals surface area contributed by atoms with Crippen LogP contribution in [0, 0.1) is 0 Å². The molecule has 120 valence electrons. The van der Waals surface area contributed by atoms with Crippen molar-refractivity contribution in [2.45, 2.75) is 45.8 Å². The van der Waals surface area contributed by atoms with Crippen molar-refractivity contribution in [3.63, 3.8) is 0 Å². The second-order valence-corrected chi connectivity index (χ2v) is 5.90. The molecule has 1 atom stereocenters. The van der Waals surface area contributed by atoms with E-state index >= 15 is 0 Å². The fraction of sp³-hybridized carbons (Fsp3) is 0.667. The lowest BCUT2D eigenvalue weighted by Crippen LogP contribution is -2.38. The van der Waals surface area contributed by atoms with Crippen molar-refractivity contribution >= 4 is 0 Å². The van der Waals surface area contributed by atoms with Crippen molar-refractivity contribution in [2.75, 3.05) is 19.7 Å². The number of morpholine rings is 1. The molecule has 1 N–H and O–H groups in total. The van der Waals surface area contributed by atoms with E-state index in [2.05, 4.69) is 38.9 Å². The molecular weight excluding hydrogens is 282 g/mol. The lowest BCUT2D eigenvalue weighted by molar-refractivity contribution is -0.0393. The third kappa shape index (κ3) is 3.36. The third-order valence-electron chi connectivity index (χ3n) is 3.82. The van der Waals surface area contributed by atoms with Crippen molar-refractivity contribution in [2.24, 2.45) is 0 Å². The van der Waals surface area contributed by atoms with Crippen molar-refractivity contribution < 1.29 is 9.15 Å². The van der Waals surface area contributed by atoms with Gasteiger partial charge in [0.2, 0.25) is 5.89 Å². The number of aromatic nitrogens is 4. The zero-order chi connectivity index (χ0) is 15.5. The van der Waals surface area contributed by atoms with Gasteiger partial charge in [0.1, 0.15) is 17.7 Å². The molecule has 0 aliphatic carbocycles. The number of rotatable bonds is 5. The Kier molecular flexibility index (Phi) is 4.54. The van der Waals surface area contributed by atoms with Crippen LogP contribution in [0.1, 0.15) is 56.1 Å². The van der Waals surface area contributed by atoms with Crippen LogP contribution in [0.25, 0.3) is 0 Å². The molecule has 1 saturated heterocycles. The van der Waals surface area contributed by atoms with Gasteiger partial charge in [0.15, 0.2) is 5.82 Å². The summed E-state index contributed by atoms with van der Waals surface area (Å²) >= 11 is 0. The fourth-order valence-corrected chi connectivity index (χ4v) is 2.47. The molecule has 0 bridgehead atoms. The number of nitrogens with zero attached hydrogens (tertiary/aromatic N) is 4. The van der Waals surface area contributed by atoms with Gasteiger partial charge in [-0.25, -0.2) is 9.97 Å². The zero-order valence-corrected chi connectivity index (χ0v) is 13.4. The highest BCUT2D eigenvalue weighted by atomic mass is 16.5. The van der Waals surface area contributed by atoms with E-state index in [0.29, 0.717) is 19.1 Å². The van der Waals surface area contributed by atoms with Gasteiger partial charge in [-0.1, -0.05) is 20.8 Å². The van der Waals surface area contributed by atoms with Crippen molar-refractivity contribution in [1.82, 2.24) is 25.1 Å². The number of oxazole rings is 1. The van der Waals surface area contributed by atoms with Crippen LogP contribution < -0.4 is 0 Å². The Balaban J connectivity index is 1.62. The molecule has 3 heterocycles. The smallest absolute Gasteiger partial charge is 0.208 e. The number of hydrogen-bond donors (Lipinski definition) is 1. The van der Waals surface area contributed by atoms with Crippen LogP contribution in [0.3, 0.4) is 0 Å². The minimum atomic E-state index is -0.0927. The third-order valence-corrected chi connectivity index (χ3v) is 3.82. The maximum Gasteiger partial charge on any atom is 0.208 e. The fourth-order valence-electron chi connectivity index (χ4n) is 2.47. The summed E-state index contributed by atoms with van der Waals surface area (Å²) in [6, 6.07) is 0. The molecule has 0 aromatic carbocycles. The summed E-state index contributed by atoms with van der Waals surface area (Å²) in [5.41, 5.74) is 0. The average molecular weight is 305 g/mol. The van der Waals surface area contributed by atoms with E-state index in [-0.39, 0.29) is 6.10 Å². The molecule has 7 heteroatoms. The molecule has 0 saturated carbocycles. The Hall–Kier alpha value is -1.73. The van der Waals surface area contributed by atoms with Gasteiger partial charge < -0.3 is 9.15 Å². The summed E-state index contributed by atoms with van der Waals surface area (Å²) in [6.07, 6.45) is 2.57. The van der Waals surface area contributed by atoms with Crippen LogP contribution in [-0.4, -0.2) is 44.8 Å². The predicted molar refractivity (Wildman–Crippen MR) is 80.3 cm³/mol. The first-order valence-corrected chi connectivity index (χ1v) is 7.85. The van der Waals surface area contributed by atoms with Crippen LogP contribution in [0.2, 0.25) is 0 Å². The van der Waals surface area contributed by atoms with Crippen LogP contribution in [0.5, 0.6) is 0 Å². The van der Waals surface area contributed by atoms with Gasteiger partial charge in [-0.3, -0.25) is 10.00 Å². The quantitative estimate of drug-likeness (QED) is 0.910. The number of hydrogen-bond acceptors (Lipinski definition) is 6. The second-order valence-electron chi connectivity index (χ2n) is 5.90. The SMILES string of the molecule is CCc1nc([C@H]2CN(Cc3ncc(C(C)C)o3)CCO2)n[nH]1. The van der Waals surface area contributed by atoms with Crippen molar-refractivity contribution in [1.29, 1.82) is 0 Å². The molecule has 0 amide bonds. The van der Waals surface area contributed by atoms with Crippen LogP contribution in [0.4, 0.5) is 0 Å². The highest BCUT2D eigenvalue weighted by Crippen LogP contribution is 2.21. The molecule has 0 spiro atoms. The lowest BCUT2D eigenvalue weighted by Gasteiger charge is -2.30. The highest BCUT2D eigenvalue weighted by Gasteiger charge is 2.26. The first-order chi connectivity index (χ1) is 10.7. The second kappa shape index (κ2) is 6.58. The van der Waals surface area contributed by atoms with Crippen LogP contribution >= 0.6 is 0 Å². The number of aryl methyl sites for hydroxylation is 1. The van der Waals surface area contributed by atoms with E-state index in [1.807, 2.05) is 13.1 Å². The van der Waals surface area contributed by atoms with Crippen LogP contribution in [0.15, 0.2) is 10.6 Å². The first kappa shape index (κ1) is 15.2. The van der Waals surface area contributed by atoms with Gasteiger partial charge in [-0.05, 0) is 0 Å². The van der Waals surface area contributed by atoms with E-state index in [1.165, 1.54) is 0 Å². The van der Waals surface area contributed by atoms with Gasteiger partial charge >= 0.3 is 0 Å². The van der Waals surface area contributed by atoms with Gasteiger partial charge in [0.05, 0.1) is 19.3 Å². The Bertz CT molecular complexity index is 607. The molecule has 22 heavy (non-hydrogen) atoms. The standard InChI is InChI=1S/C15H23N5O2/c1-4-13-17-15(19-18-13)12-8-20(5-6-21-12)9-14-16-7-11(22-14)10(2)3/h7,10,12H,4-6,8-9H2,1-3H3,(H,17,18,19)/t12-/m1/s1. The highest BCUT2D eigenvalue weighted by molar-refractivity contribution is 5.00. The van der Waals surface area contributed by atoms with E-state index in [9.17, 15) is 0 Å². The molecule has 0 unspecified atom stereocenters. The summed E-state index contributed by atoms with van der Waals surface area (Å²) in [6.45, 7) is 9.22. The van der Waals surface area contributed by atoms with E-state index in [0.717, 1.165) is 42.8 Å². The van der Waals surface area contributed by atoms with Gasteiger partial charge in [0.25, 0.3) is 0 Å². The predicted octanol–water partition coefficient (Wildman–Crippen LogP) is 2.05. The van der Waals surface area contributed by atoms with Gasteiger partial charge in [0, 0.05) is 25.4 Å².